The monoisotopic (exact) mass is 554 g/mol. The van der Waals surface area contributed by atoms with E-state index in [9.17, 15) is 18.4 Å². The summed E-state index contributed by atoms with van der Waals surface area (Å²) < 4.78 is 39.1. The van der Waals surface area contributed by atoms with E-state index in [1.54, 1.807) is 35.7 Å². The van der Waals surface area contributed by atoms with Gasteiger partial charge in [0, 0.05) is 33.9 Å². The molecule has 0 unspecified atom stereocenters. The molecule has 0 saturated carbocycles. The Morgan fingerprint density at radius 3 is 2.54 bits per heavy atom. The van der Waals surface area contributed by atoms with Crippen LogP contribution in [0.5, 0.6) is 0 Å². The molecule has 0 aliphatic carbocycles. The van der Waals surface area contributed by atoms with Crippen LogP contribution < -0.4 is 11.1 Å². The van der Waals surface area contributed by atoms with Crippen molar-refractivity contribution in [1.29, 1.82) is 5.41 Å². The van der Waals surface area contributed by atoms with Gasteiger partial charge in [0.15, 0.2) is 5.79 Å². The first-order chi connectivity index (χ1) is 18.6. The Morgan fingerprint density at radius 2 is 1.90 bits per heavy atom. The van der Waals surface area contributed by atoms with E-state index < -0.39 is 23.5 Å². The Bertz CT molecular complexity index is 1400. The number of hydrogen-bond acceptors (Lipinski definition) is 6. The number of amides is 2. The van der Waals surface area contributed by atoms with E-state index in [1.165, 1.54) is 28.4 Å². The minimum Gasteiger partial charge on any atom is -0.384 e. The first kappa shape index (κ1) is 26.9. The number of hydrogen-bond donors (Lipinski definition) is 3. The van der Waals surface area contributed by atoms with Gasteiger partial charge in [-0.1, -0.05) is 24.3 Å². The zero-order valence-corrected chi connectivity index (χ0v) is 22.0. The largest absolute Gasteiger partial charge is 0.384 e. The van der Waals surface area contributed by atoms with Crippen molar-refractivity contribution in [2.75, 3.05) is 19.8 Å². The Hall–Kier alpha value is -3.67. The SMILES string of the molecule is C[C@@H](NC(=O)[C@@H]1CC2(CN1C(=O)Cc1ccc(-c3ccc(F)cc3F)cc1)OCCO2)c1cc(C(=N)N)cs1. The van der Waals surface area contributed by atoms with Gasteiger partial charge in [0.05, 0.1) is 32.2 Å². The predicted octanol–water partition coefficient (Wildman–Crippen LogP) is 3.74. The second kappa shape index (κ2) is 10.8. The zero-order valence-electron chi connectivity index (χ0n) is 21.2. The molecule has 39 heavy (non-hydrogen) atoms. The molecule has 2 fully saturated rings. The van der Waals surface area contributed by atoms with E-state index >= 15 is 0 Å². The van der Waals surface area contributed by atoms with Gasteiger partial charge in [-0.3, -0.25) is 15.0 Å². The van der Waals surface area contributed by atoms with Crippen molar-refractivity contribution in [3.8, 4) is 11.1 Å². The van der Waals surface area contributed by atoms with Gasteiger partial charge in [0.25, 0.3) is 0 Å². The summed E-state index contributed by atoms with van der Waals surface area (Å²) in [6.07, 6.45) is 0.234. The number of rotatable bonds is 7. The van der Waals surface area contributed by atoms with Crippen molar-refractivity contribution in [3.63, 3.8) is 0 Å². The molecule has 11 heteroatoms. The summed E-state index contributed by atoms with van der Waals surface area (Å²) in [5.74, 6) is -2.98. The molecule has 2 aliphatic rings. The summed E-state index contributed by atoms with van der Waals surface area (Å²) >= 11 is 1.39. The van der Waals surface area contributed by atoms with Crippen molar-refractivity contribution in [2.45, 2.75) is 37.6 Å². The number of nitrogens with two attached hydrogens (primary N) is 1. The first-order valence-electron chi connectivity index (χ1n) is 12.5. The van der Waals surface area contributed by atoms with E-state index in [2.05, 4.69) is 5.32 Å². The quantitative estimate of drug-likeness (QED) is 0.304. The number of carbonyl (C=O) groups excluding carboxylic acids is 2. The third kappa shape index (κ3) is 5.70. The summed E-state index contributed by atoms with van der Waals surface area (Å²) in [4.78, 5) is 29.2. The van der Waals surface area contributed by atoms with Gasteiger partial charge in [-0.15, -0.1) is 11.3 Å². The average Bonchev–Trinajstić information content (AvgIpc) is 3.65. The second-order valence-corrected chi connectivity index (χ2v) is 10.7. The lowest BCUT2D eigenvalue weighted by atomic mass is 10.0. The zero-order chi connectivity index (χ0) is 27.7. The van der Waals surface area contributed by atoms with Crippen LogP contribution in [0.15, 0.2) is 53.9 Å². The summed E-state index contributed by atoms with van der Waals surface area (Å²) in [6.45, 7) is 2.73. The molecule has 5 rings (SSSR count). The number of amidine groups is 1. The minimum absolute atomic E-state index is 0.0223. The van der Waals surface area contributed by atoms with Crippen LogP contribution in [-0.2, 0) is 25.5 Å². The fourth-order valence-electron chi connectivity index (χ4n) is 4.95. The van der Waals surface area contributed by atoms with Crippen molar-refractivity contribution in [3.05, 3.63) is 81.5 Å². The number of carbonyl (C=O) groups is 2. The van der Waals surface area contributed by atoms with Crippen LogP contribution in [0.3, 0.4) is 0 Å². The van der Waals surface area contributed by atoms with E-state index in [-0.39, 0.29) is 48.6 Å². The van der Waals surface area contributed by atoms with Crippen LogP contribution in [0.2, 0.25) is 0 Å². The molecular formula is C28H28F2N4O4S. The molecule has 2 aromatic carbocycles. The van der Waals surface area contributed by atoms with Crippen molar-refractivity contribution in [2.24, 2.45) is 5.73 Å². The highest BCUT2D eigenvalue weighted by Crippen LogP contribution is 2.36. The Kier molecular flexibility index (Phi) is 7.48. The van der Waals surface area contributed by atoms with E-state index in [0.29, 0.717) is 29.9 Å². The van der Waals surface area contributed by atoms with Crippen molar-refractivity contribution < 1.29 is 27.8 Å². The lowest BCUT2D eigenvalue weighted by Gasteiger charge is -2.25. The molecule has 2 amide bonds. The minimum atomic E-state index is -1.02. The van der Waals surface area contributed by atoms with Crippen LogP contribution >= 0.6 is 11.3 Å². The van der Waals surface area contributed by atoms with Gasteiger partial charge in [0.1, 0.15) is 23.5 Å². The molecule has 1 spiro atoms. The normalized spacial score (nSPS) is 18.8. The molecule has 2 aliphatic heterocycles. The van der Waals surface area contributed by atoms with Gasteiger partial charge >= 0.3 is 0 Å². The molecule has 3 heterocycles. The molecule has 4 N–H and O–H groups in total. The summed E-state index contributed by atoms with van der Waals surface area (Å²) in [7, 11) is 0. The Morgan fingerprint density at radius 1 is 1.18 bits per heavy atom. The Labute approximate surface area is 228 Å². The number of nitrogen functional groups attached to an aromatic ring is 1. The highest BCUT2D eigenvalue weighted by molar-refractivity contribution is 7.10. The number of nitrogens with zero attached hydrogens (tertiary/aromatic N) is 1. The maximum atomic E-state index is 14.2. The molecule has 0 bridgehead atoms. The molecule has 8 nitrogen and oxygen atoms in total. The number of nitrogens with one attached hydrogen (secondary N) is 2. The highest BCUT2D eigenvalue weighted by atomic mass is 32.1. The number of halogens is 2. The number of ether oxygens (including phenoxy) is 2. The van der Waals surface area contributed by atoms with Crippen LogP contribution in [-0.4, -0.2) is 54.1 Å². The van der Waals surface area contributed by atoms with Crippen molar-refractivity contribution >= 4 is 29.0 Å². The molecule has 3 aromatic rings. The predicted molar refractivity (Wildman–Crippen MR) is 142 cm³/mol. The number of likely N-dealkylation sites (tertiary alicyclic amines) is 1. The van der Waals surface area contributed by atoms with E-state index in [4.69, 9.17) is 20.6 Å². The third-order valence-corrected chi connectivity index (χ3v) is 8.11. The first-order valence-corrected chi connectivity index (χ1v) is 13.4. The third-order valence-electron chi connectivity index (χ3n) is 7.00. The fraction of sp³-hybridized carbons (Fsp3) is 0.321. The highest BCUT2D eigenvalue weighted by Gasteiger charge is 2.52. The topological polar surface area (TPSA) is 118 Å². The molecule has 2 saturated heterocycles. The lowest BCUT2D eigenvalue weighted by Crippen LogP contribution is -2.47. The standard InChI is InChI=1S/C28H28F2N4O4S/c1-16(24-11-19(14-39-24)26(31)32)33-27(36)23-13-28(37-8-9-38-28)15-34(23)25(35)10-17-2-4-18(5-3-17)21-7-6-20(29)12-22(21)30/h2-7,11-12,14,16,23H,8-10,13,15H2,1H3,(H3,31,32)(H,33,36)/t16-,23+/m1/s1. The maximum Gasteiger partial charge on any atom is 0.243 e. The molecule has 0 radical (unpaired) electrons. The Balaban J connectivity index is 1.30. The van der Waals surface area contributed by atoms with Gasteiger partial charge in [-0.25, -0.2) is 8.78 Å². The molecule has 2 atom stereocenters. The van der Waals surface area contributed by atoms with Gasteiger partial charge < -0.3 is 25.4 Å². The summed E-state index contributed by atoms with van der Waals surface area (Å²) in [5.41, 5.74) is 7.66. The smallest absolute Gasteiger partial charge is 0.243 e. The van der Waals surface area contributed by atoms with Crippen LogP contribution in [0.1, 0.15) is 35.4 Å². The van der Waals surface area contributed by atoms with Gasteiger partial charge in [0.2, 0.25) is 11.8 Å². The number of thiophene rings is 1. The van der Waals surface area contributed by atoms with E-state index in [0.717, 1.165) is 10.9 Å². The average molecular weight is 555 g/mol. The van der Waals surface area contributed by atoms with Gasteiger partial charge in [-0.05, 0) is 36.2 Å². The fourth-order valence-corrected chi connectivity index (χ4v) is 5.86. The second-order valence-electron chi connectivity index (χ2n) is 9.73. The molecular weight excluding hydrogens is 526 g/mol. The molecule has 204 valence electrons. The lowest BCUT2D eigenvalue weighted by molar-refractivity contribution is -0.152. The van der Waals surface area contributed by atoms with Crippen molar-refractivity contribution in [1.82, 2.24) is 10.2 Å². The summed E-state index contributed by atoms with van der Waals surface area (Å²) in [5, 5.41) is 12.3. The van der Waals surface area contributed by atoms with Crippen LogP contribution in [0, 0.1) is 17.0 Å². The number of benzene rings is 2. The summed E-state index contributed by atoms with van der Waals surface area (Å²) in [6, 6.07) is 10.8. The molecule has 1 aromatic heterocycles. The van der Waals surface area contributed by atoms with E-state index in [1.807, 2.05) is 6.92 Å². The van der Waals surface area contributed by atoms with Crippen LogP contribution in [0.4, 0.5) is 8.78 Å². The van der Waals surface area contributed by atoms with Crippen LogP contribution in [0.25, 0.3) is 11.1 Å². The maximum absolute atomic E-state index is 14.2. The van der Waals surface area contributed by atoms with Gasteiger partial charge in [-0.2, -0.15) is 0 Å².